The number of nitrogens with zero attached hydrogens (tertiary/aromatic N) is 1. The van der Waals surface area contributed by atoms with Crippen molar-refractivity contribution >= 4 is 38.1 Å². The molecule has 0 spiro atoms. The second-order valence-corrected chi connectivity index (χ2v) is 9.77. The van der Waals surface area contributed by atoms with Gasteiger partial charge in [-0.15, -0.1) is 0 Å². The predicted molar refractivity (Wildman–Crippen MR) is 151 cm³/mol. The second-order valence-electron chi connectivity index (χ2n) is 9.77. The molecule has 0 radical (unpaired) electrons. The van der Waals surface area contributed by atoms with Gasteiger partial charge in [-0.05, 0) is 50.1 Å². The van der Waals surface area contributed by atoms with Gasteiger partial charge in [0.15, 0.2) is 5.78 Å². The molecule has 8 heteroatoms. The summed E-state index contributed by atoms with van der Waals surface area (Å²) in [5.74, 6) is 10.7. The molecule has 0 unspecified atom stereocenters. The van der Waals surface area contributed by atoms with Crippen LogP contribution in [0, 0.1) is 23.7 Å². The minimum atomic E-state index is -0.932. The van der Waals surface area contributed by atoms with Gasteiger partial charge >= 0.3 is 5.69 Å². The van der Waals surface area contributed by atoms with Crippen LogP contribution in [0.1, 0.15) is 41.4 Å². The number of rotatable bonds is 5. The molecule has 0 saturated carbocycles. The smallest absolute Gasteiger partial charge is 0.330 e. The number of benzene rings is 4. The van der Waals surface area contributed by atoms with E-state index in [1.165, 1.54) is 6.20 Å². The zero-order chi connectivity index (χ0) is 27.8. The highest BCUT2D eigenvalue weighted by Crippen LogP contribution is 2.36. The number of carbonyl (C=O) groups excluding carboxylic acids is 1. The number of Topliss-reactive ketones (excluding diaryl/α,β-unsaturated/α-hetero) is 1. The van der Waals surface area contributed by atoms with Crippen LogP contribution in [0.2, 0.25) is 0 Å². The molecular weight excluding hydrogens is 508 g/mol. The molecule has 3 N–H and O–H groups in total. The first-order chi connectivity index (χ1) is 19.4. The van der Waals surface area contributed by atoms with E-state index in [-0.39, 0.29) is 24.2 Å². The fourth-order valence-corrected chi connectivity index (χ4v) is 5.33. The lowest BCUT2D eigenvalue weighted by Gasteiger charge is -2.14. The van der Waals surface area contributed by atoms with E-state index < -0.39 is 36.3 Å². The van der Waals surface area contributed by atoms with Crippen LogP contribution in [-0.4, -0.2) is 44.4 Å². The molecule has 198 valence electrons. The molecule has 1 aliphatic heterocycles. The molecule has 1 aliphatic rings. The average molecular weight is 533 g/mol. The van der Waals surface area contributed by atoms with Gasteiger partial charge in [-0.25, -0.2) is 4.79 Å². The van der Waals surface area contributed by atoms with E-state index in [1.807, 2.05) is 30.3 Å². The van der Waals surface area contributed by atoms with Crippen LogP contribution in [0.5, 0.6) is 0 Å². The van der Waals surface area contributed by atoms with Crippen molar-refractivity contribution in [2.75, 3.05) is 6.61 Å². The van der Waals surface area contributed by atoms with Crippen LogP contribution >= 0.6 is 0 Å². The maximum Gasteiger partial charge on any atom is 0.330 e. The summed E-state index contributed by atoms with van der Waals surface area (Å²) < 4.78 is 6.63. The maximum absolute atomic E-state index is 13.1. The van der Waals surface area contributed by atoms with Gasteiger partial charge in [-0.3, -0.25) is 19.1 Å². The second kappa shape index (κ2) is 10.4. The highest BCUT2D eigenvalue weighted by molar-refractivity contribution is 6.26. The van der Waals surface area contributed by atoms with Crippen LogP contribution in [-0.2, 0) is 4.74 Å². The average Bonchev–Trinajstić information content (AvgIpc) is 3.34. The zero-order valence-corrected chi connectivity index (χ0v) is 21.3. The molecule has 40 heavy (non-hydrogen) atoms. The molecule has 1 fully saturated rings. The quantitative estimate of drug-likeness (QED) is 0.182. The zero-order valence-electron chi connectivity index (χ0n) is 21.3. The lowest BCUT2D eigenvalue weighted by Crippen LogP contribution is -2.33. The first-order valence-corrected chi connectivity index (χ1v) is 12.9. The standard InChI is InChI=1S/C32H24N2O6/c35-18-27-26(37)16-28(40-27)34-17-22(31(38)33-32(34)39)6-3-1-2-4-9-25(36)23-14-12-21-11-10-19-7-5-8-20-13-15-24(23)30(21)29(19)20/h5,7-8,10-15,17,26-28,35,37H,4,9,16,18H2,(H,33,38,39)/t26-,27+,28+/m0/s1. The number of ether oxygens (including phenoxy) is 1. The molecule has 0 amide bonds. The third-order valence-electron chi connectivity index (χ3n) is 7.32. The predicted octanol–water partition coefficient (Wildman–Crippen LogP) is 3.09. The number of aromatic nitrogens is 2. The number of H-pyrrole nitrogens is 1. The molecule has 8 nitrogen and oxygen atoms in total. The Hall–Kier alpha value is -4.73. The third kappa shape index (κ3) is 4.55. The van der Waals surface area contributed by atoms with Gasteiger partial charge in [0.25, 0.3) is 5.56 Å². The van der Waals surface area contributed by atoms with Crippen LogP contribution in [0.4, 0.5) is 0 Å². The maximum atomic E-state index is 13.1. The Balaban J connectivity index is 1.18. The van der Waals surface area contributed by atoms with Crippen LogP contribution in [0.25, 0.3) is 32.3 Å². The van der Waals surface area contributed by atoms with Crippen LogP contribution in [0.15, 0.2) is 70.4 Å². The summed E-state index contributed by atoms with van der Waals surface area (Å²) >= 11 is 0. The molecule has 0 aliphatic carbocycles. The van der Waals surface area contributed by atoms with Crippen molar-refractivity contribution in [2.45, 2.75) is 37.7 Å². The number of hydrogen-bond acceptors (Lipinski definition) is 6. The van der Waals surface area contributed by atoms with Crippen molar-refractivity contribution in [3.63, 3.8) is 0 Å². The van der Waals surface area contributed by atoms with Gasteiger partial charge in [0, 0.05) is 31.0 Å². The number of ketones is 1. The van der Waals surface area contributed by atoms with E-state index in [2.05, 4.69) is 52.9 Å². The van der Waals surface area contributed by atoms with Crippen molar-refractivity contribution in [1.29, 1.82) is 0 Å². The van der Waals surface area contributed by atoms with Gasteiger partial charge in [0.05, 0.1) is 12.7 Å². The minimum Gasteiger partial charge on any atom is -0.394 e. The third-order valence-corrected chi connectivity index (χ3v) is 7.32. The Morgan fingerprint density at radius 1 is 1.00 bits per heavy atom. The van der Waals surface area contributed by atoms with Gasteiger partial charge in [-0.2, -0.15) is 0 Å². The number of aromatic amines is 1. The van der Waals surface area contributed by atoms with Gasteiger partial charge < -0.3 is 14.9 Å². The van der Waals surface area contributed by atoms with E-state index in [1.54, 1.807) is 0 Å². The summed E-state index contributed by atoms with van der Waals surface area (Å²) in [7, 11) is 0. The van der Waals surface area contributed by atoms with Crippen molar-refractivity contribution in [3.05, 3.63) is 92.8 Å². The number of hydrogen-bond donors (Lipinski definition) is 3. The fraction of sp³-hybridized carbons (Fsp3) is 0.219. The van der Waals surface area contributed by atoms with Gasteiger partial charge in [0.1, 0.15) is 17.9 Å². The van der Waals surface area contributed by atoms with E-state index in [0.717, 1.165) is 36.9 Å². The Bertz CT molecular complexity index is 2000. The summed E-state index contributed by atoms with van der Waals surface area (Å²) in [5.41, 5.74) is -0.709. The molecule has 2 heterocycles. The van der Waals surface area contributed by atoms with Crippen molar-refractivity contribution in [2.24, 2.45) is 0 Å². The monoisotopic (exact) mass is 532 g/mol. The molecule has 6 rings (SSSR count). The lowest BCUT2D eigenvalue weighted by molar-refractivity contribution is -0.0459. The van der Waals surface area contributed by atoms with Crippen molar-refractivity contribution in [3.8, 4) is 23.7 Å². The fourth-order valence-electron chi connectivity index (χ4n) is 5.33. The van der Waals surface area contributed by atoms with Gasteiger partial charge in [0.2, 0.25) is 0 Å². The van der Waals surface area contributed by atoms with E-state index in [4.69, 9.17) is 4.74 Å². The number of nitrogens with one attached hydrogen (secondary N) is 1. The molecule has 1 aromatic heterocycles. The van der Waals surface area contributed by atoms with Crippen molar-refractivity contribution < 1.29 is 19.7 Å². The van der Waals surface area contributed by atoms with E-state index in [0.29, 0.717) is 12.0 Å². The number of aliphatic hydroxyl groups is 2. The van der Waals surface area contributed by atoms with Crippen LogP contribution < -0.4 is 11.2 Å². The molecule has 1 saturated heterocycles. The Morgan fingerprint density at radius 2 is 1.73 bits per heavy atom. The SMILES string of the molecule is O=C(CCC#CC#Cc1cn([C@H]2C[C@H](O)[C@@H](CO)O2)c(=O)[nH]c1=O)c1ccc2ccc3cccc4ccc1c2c34. The first kappa shape index (κ1) is 25.5. The first-order valence-electron chi connectivity index (χ1n) is 12.9. The Morgan fingerprint density at radius 3 is 2.48 bits per heavy atom. The minimum absolute atomic E-state index is 0.00385. The van der Waals surface area contributed by atoms with E-state index >= 15 is 0 Å². The summed E-state index contributed by atoms with van der Waals surface area (Å²) in [6.07, 6.45) is -0.728. The number of aliphatic hydroxyl groups excluding tert-OH is 2. The summed E-state index contributed by atoms with van der Waals surface area (Å²) in [6, 6.07) is 18.3. The molecule has 5 aromatic rings. The molecule has 3 atom stereocenters. The largest absolute Gasteiger partial charge is 0.394 e. The van der Waals surface area contributed by atoms with Gasteiger partial charge in [-0.1, -0.05) is 60.5 Å². The summed E-state index contributed by atoms with van der Waals surface area (Å²) in [4.78, 5) is 39.7. The Kier molecular flexibility index (Phi) is 6.67. The van der Waals surface area contributed by atoms with Crippen molar-refractivity contribution in [1.82, 2.24) is 9.55 Å². The summed E-state index contributed by atoms with van der Waals surface area (Å²) in [5, 5.41) is 25.8. The lowest BCUT2D eigenvalue weighted by atomic mass is 9.90. The highest BCUT2D eigenvalue weighted by atomic mass is 16.5. The molecule has 0 bridgehead atoms. The number of carbonyl (C=O) groups is 1. The normalized spacial score (nSPS) is 18.5. The van der Waals surface area contributed by atoms with E-state index in [9.17, 15) is 24.6 Å². The summed E-state index contributed by atoms with van der Waals surface area (Å²) in [6.45, 7) is -0.392. The topological polar surface area (TPSA) is 122 Å². The molecule has 4 aromatic carbocycles. The Labute approximate surface area is 228 Å². The highest BCUT2D eigenvalue weighted by Gasteiger charge is 2.35. The van der Waals surface area contributed by atoms with Crippen LogP contribution in [0.3, 0.4) is 0 Å². The molecular formula is C32H24N2O6.